The summed E-state index contributed by atoms with van der Waals surface area (Å²) in [7, 11) is 1.67. The minimum atomic E-state index is -0.446. The lowest BCUT2D eigenvalue weighted by atomic mass is 10.1. The summed E-state index contributed by atoms with van der Waals surface area (Å²) in [6.45, 7) is 2.13. The van der Waals surface area contributed by atoms with Crippen LogP contribution in [0.5, 0.6) is 0 Å². The zero-order chi connectivity index (χ0) is 15.0. The van der Waals surface area contributed by atoms with Gasteiger partial charge in [0.1, 0.15) is 5.69 Å². The summed E-state index contributed by atoms with van der Waals surface area (Å²) in [5, 5.41) is 18.0. The standard InChI is InChI=1S/C15H20N2O3/c1-12(19)8-10-17(2)15(20)14-13(6-3-4-11-18)7-5-9-16-14/h5,7,9,12,18-19H,4,8,10-11H2,1-2H3. The number of rotatable bonds is 5. The first-order valence-electron chi connectivity index (χ1n) is 6.54. The number of carbonyl (C=O) groups excluding carboxylic acids is 1. The van der Waals surface area contributed by atoms with Gasteiger partial charge in [-0.15, -0.1) is 0 Å². The first-order chi connectivity index (χ1) is 9.56. The van der Waals surface area contributed by atoms with Crippen molar-refractivity contribution < 1.29 is 15.0 Å². The van der Waals surface area contributed by atoms with E-state index in [-0.39, 0.29) is 12.5 Å². The molecule has 0 saturated heterocycles. The number of amides is 1. The van der Waals surface area contributed by atoms with Crippen molar-refractivity contribution >= 4 is 5.91 Å². The Kier molecular flexibility index (Phi) is 6.71. The van der Waals surface area contributed by atoms with Crippen LogP contribution in [0.2, 0.25) is 0 Å². The van der Waals surface area contributed by atoms with Crippen molar-refractivity contribution in [2.45, 2.75) is 25.9 Å². The lowest BCUT2D eigenvalue weighted by molar-refractivity contribution is 0.0763. The molecule has 0 aliphatic carbocycles. The molecule has 0 saturated carbocycles. The van der Waals surface area contributed by atoms with E-state index >= 15 is 0 Å². The number of aromatic nitrogens is 1. The van der Waals surface area contributed by atoms with Crippen molar-refractivity contribution in [3.63, 3.8) is 0 Å². The van der Waals surface area contributed by atoms with Crippen molar-refractivity contribution in [1.82, 2.24) is 9.88 Å². The molecule has 0 bridgehead atoms. The SMILES string of the molecule is CC(O)CCN(C)C(=O)c1ncccc1C#CCCO. The molecule has 5 nitrogen and oxygen atoms in total. The van der Waals surface area contributed by atoms with Gasteiger partial charge in [-0.2, -0.15) is 0 Å². The van der Waals surface area contributed by atoms with Crippen LogP contribution in [-0.4, -0.2) is 52.3 Å². The van der Waals surface area contributed by atoms with Crippen molar-refractivity contribution in [2.24, 2.45) is 0 Å². The molecule has 1 rings (SSSR count). The zero-order valence-corrected chi connectivity index (χ0v) is 11.8. The van der Waals surface area contributed by atoms with Gasteiger partial charge in [-0.1, -0.05) is 11.8 Å². The van der Waals surface area contributed by atoms with E-state index in [1.165, 1.54) is 4.90 Å². The van der Waals surface area contributed by atoms with E-state index in [1.807, 2.05) is 0 Å². The van der Waals surface area contributed by atoms with Crippen molar-refractivity contribution in [2.75, 3.05) is 20.2 Å². The third-order valence-electron chi connectivity index (χ3n) is 2.70. The van der Waals surface area contributed by atoms with Gasteiger partial charge < -0.3 is 15.1 Å². The zero-order valence-electron chi connectivity index (χ0n) is 11.8. The maximum absolute atomic E-state index is 12.3. The largest absolute Gasteiger partial charge is 0.395 e. The van der Waals surface area contributed by atoms with Crippen molar-refractivity contribution in [3.05, 3.63) is 29.6 Å². The van der Waals surface area contributed by atoms with Crippen LogP contribution in [0, 0.1) is 11.8 Å². The summed E-state index contributed by atoms with van der Waals surface area (Å²) in [5.74, 6) is 5.41. The number of aliphatic hydroxyl groups excluding tert-OH is 2. The van der Waals surface area contributed by atoms with E-state index in [9.17, 15) is 9.90 Å². The summed E-state index contributed by atoms with van der Waals surface area (Å²) in [4.78, 5) is 17.9. The van der Waals surface area contributed by atoms with Crippen molar-refractivity contribution in [1.29, 1.82) is 0 Å². The predicted octanol–water partition coefficient (Wildman–Crippen LogP) is 0.658. The third kappa shape index (κ3) is 5.00. The molecule has 1 heterocycles. The fraction of sp³-hybridized carbons (Fsp3) is 0.467. The number of pyridine rings is 1. The highest BCUT2D eigenvalue weighted by atomic mass is 16.3. The van der Waals surface area contributed by atoms with Gasteiger partial charge in [0.2, 0.25) is 0 Å². The van der Waals surface area contributed by atoms with E-state index in [2.05, 4.69) is 16.8 Å². The minimum Gasteiger partial charge on any atom is -0.395 e. The Hall–Kier alpha value is -1.90. The van der Waals surface area contributed by atoms with E-state index < -0.39 is 6.10 Å². The highest BCUT2D eigenvalue weighted by Crippen LogP contribution is 2.08. The molecule has 1 amide bonds. The fourth-order valence-corrected chi connectivity index (χ4v) is 1.55. The average molecular weight is 276 g/mol. The van der Waals surface area contributed by atoms with Gasteiger partial charge in [-0.25, -0.2) is 4.98 Å². The first-order valence-corrected chi connectivity index (χ1v) is 6.54. The van der Waals surface area contributed by atoms with Gasteiger partial charge in [-0.3, -0.25) is 4.79 Å². The Morgan fingerprint density at radius 3 is 2.95 bits per heavy atom. The number of nitrogens with zero attached hydrogens (tertiary/aromatic N) is 2. The Bertz CT molecular complexity index is 503. The Morgan fingerprint density at radius 2 is 2.30 bits per heavy atom. The summed E-state index contributed by atoms with van der Waals surface area (Å²) >= 11 is 0. The van der Waals surface area contributed by atoms with E-state index in [1.54, 1.807) is 32.3 Å². The van der Waals surface area contributed by atoms with Crippen LogP contribution in [0.4, 0.5) is 0 Å². The highest BCUT2D eigenvalue weighted by molar-refractivity contribution is 5.94. The molecule has 0 aliphatic heterocycles. The van der Waals surface area contributed by atoms with Gasteiger partial charge >= 0.3 is 0 Å². The second-order valence-corrected chi connectivity index (χ2v) is 4.54. The molecule has 0 spiro atoms. The first kappa shape index (κ1) is 16.2. The second-order valence-electron chi connectivity index (χ2n) is 4.54. The molecule has 2 N–H and O–H groups in total. The summed E-state index contributed by atoms with van der Waals surface area (Å²) in [6, 6.07) is 3.45. The van der Waals surface area contributed by atoms with Crippen LogP contribution in [0.15, 0.2) is 18.3 Å². The van der Waals surface area contributed by atoms with E-state index in [4.69, 9.17) is 5.11 Å². The van der Waals surface area contributed by atoms with Crippen LogP contribution in [0.3, 0.4) is 0 Å². The molecule has 108 valence electrons. The Labute approximate surface area is 119 Å². The maximum Gasteiger partial charge on any atom is 0.273 e. The van der Waals surface area contributed by atoms with Gasteiger partial charge in [0.05, 0.1) is 18.3 Å². The number of hydrogen-bond donors (Lipinski definition) is 2. The van der Waals surface area contributed by atoms with Gasteiger partial charge in [-0.05, 0) is 25.5 Å². The summed E-state index contributed by atoms with van der Waals surface area (Å²) < 4.78 is 0. The summed E-state index contributed by atoms with van der Waals surface area (Å²) in [6.07, 6.45) is 1.98. The quantitative estimate of drug-likeness (QED) is 0.775. The van der Waals surface area contributed by atoms with Crippen LogP contribution in [0.25, 0.3) is 0 Å². The topological polar surface area (TPSA) is 73.7 Å². The Morgan fingerprint density at radius 1 is 1.55 bits per heavy atom. The van der Waals surface area contributed by atoms with E-state index in [0.717, 1.165) is 0 Å². The van der Waals surface area contributed by atoms with Crippen LogP contribution < -0.4 is 0 Å². The second kappa shape index (κ2) is 8.31. The average Bonchev–Trinajstić information content (AvgIpc) is 2.44. The fourth-order valence-electron chi connectivity index (χ4n) is 1.55. The van der Waals surface area contributed by atoms with Gasteiger partial charge in [0.25, 0.3) is 5.91 Å². The minimum absolute atomic E-state index is 0.00909. The van der Waals surface area contributed by atoms with E-state index in [0.29, 0.717) is 30.6 Å². The Balaban J connectivity index is 2.85. The predicted molar refractivity (Wildman–Crippen MR) is 76.1 cm³/mol. The monoisotopic (exact) mass is 276 g/mol. The van der Waals surface area contributed by atoms with Crippen LogP contribution in [-0.2, 0) is 0 Å². The molecule has 0 aromatic carbocycles. The normalized spacial score (nSPS) is 11.4. The number of carbonyl (C=O) groups is 1. The van der Waals surface area contributed by atoms with Gasteiger partial charge in [0.15, 0.2) is 0 Å². The van der Waals surface area contributed by atoms with Crippen molar-refractivity contribution in [3.8, 4) is 11.8 Å². The highest BCUT2D eigenvalue weighted by Gasteiger charge is 2.16. The third-order valence-corrected chi connectivity index (χ3v) is 2.70. The van der Waals surface area contributed by atoms with Gasteiger partial charge in [0, 0.05) is 26.2 Å². The molecule has 0 radical (unpaired) electrons. The molecule has 1 atom stereocenters. The molecule has 0 fully saturated rings. The molecular weight excluding hydrogens is 256 g/mol. The lowest BCUT2D eigenvalue weighted by Crippen LogP contribution is -2.30. The molecule has 0 aliphatic rings. The molecule has 1 aromatic heterocycles. The summed E-state index contributed by atoms with van der Waals surface area (Å²) in [5.41, 5.74) is 0.848. The number of aliphatic hydroxyl groups is 2. The molecule has 1 unspecified atom stereocenters. The molecular formula is C15H20N2O3. The molecule has 5 heteroatoms. The molecule has 20 heavy (non-hydrogen) atoms. The maximum atomic E-state index is 12.3. The smallest absolute Gasteiger partial charge is 0.273 e. The lowest BCUT2D eigenvalue weighted by Gasteiger charge is -2.18. The number of hydrogen-bond acceptors (Lipinski definition) is 4. The van der Waals surface area contributed by atoms with Crippen LogP contribution in [0.1, 0.15) is 35.8 Å². The molecule has 1 aromatic rings. The van der Waals surface area contributed by atoms with Crippen LogP contribution >= 0.6 is 0 Å².